The van der Waals surface area contributed by atoms with Gasteiger partial charge < -0.3 is 10.6 Å². The molecule has 3 heteroatoms. The maximum Gasteiger partial charge on any atom is 0.0372 e. The molecule has 1 fully saturated rings. The predicted octanol–water partition coefficient (Wildman–Crippen LogP) is 1.90. The molecule has 1 atom stereocenters. The monoisotopic (exact) mass is 287 g/mol. The molecule has 1 heterocycles. The van der Waals surface area contributed by atoms with Gasteiger partial charge in [0.1, 0.15) is 0 Å². The number of nitrogens with zero attached hydrogens (tertiary/aromatic N) is 2. The van der Waals surface area contributed by atoms with Crippen molar-refractivity contribution in [1.29, 1.82) is 0 Å². The minimum atomic E-state index is 0.161. The predicted molar refractivity (Wildman–Crippen MR) is 88.6 cm³/mol. The molecule has 1 unspecified atom stereocenters. The average Bonchev–Trinajstić information content (AvgIpc) is 3.05. The number of fused-ring (bicyclic) bond motifs is 1. The van der Waals surface area contributed by atoms with E-state index in [9.17, 15) is 0 Å². The van der Waals surface area contributed by atoms with Gasteiger partial charge in [-0.3, -0.25) is 4.90 Å². The van der Waals surface area contributed by atoms with Gasteiger partial charge in [-0.1, -0.05) is 24.3 Å². The Morgan fingerprint density at radius 3 is 2.62 bits per heavy atom. The summed E-state index contributed by atoms with van der Waals surface area (Å²) in [5.74, 6) is 0. The Morgan fingerprint density at radius 2 is 1.90 bits per heavy atom. The molecule has 1 aromatic rings. The van der Waals surface area contributed by atoms with E-state index in [-0.39, 0.29) is 5.54 Å². The van der Waals surface area contributed by atoms with Crippen LogP contribution in [0.5, 0.6) is 0 Å². The molecule has 0 amide bonds. The normalized spacial score (nSPS) is 26.2. The van der Waals surface area contributed by atoms with Crippen LogP contribution >= 0.6 is 0 Å². The van der Waals surface area contributed by atoms with Crippen LogP contribution in [0.2, 0.25) is 0 Å². The summed E-state index contributed by atoms with van der Waals surface area (Å²) in [6, 6.07) is 8.88. The smallest absolute Gasteiger partial charge is 0.0372 e. The third kappa shape index (κ3) is 3.15. The minimum absolute atomic E-state index is 0.161. The third-order valence-electron chi connectivity index (χ3n) is 5.64. The van der Waals surface area contributed by atoms with Crippen molar-refractivity contribution < 1.29 is 0 Å². The summed E-state index contributed by atoms with van der Waals surface area (Å²) in [4.78, 5) is 5.14. The quantitative estimate of drug-likeness (QED) is 0.898. The molecule has 0 spiro atoms. The van der Waals surface area contributed by atoms with Crippen LogP contribution in [0.3, 0.4) is 0 Å². The van der Waals surface area contributed by atoms with E-state index in [1.165, 1.54) is 56.4 Å². The number of nitrogens with two attached hydrogens (primary N) is 1. The van der Waals surface area contributed by atoms with Gasteiger partial charge >= 0.3 is 0 Å². The summed E-state index contributed by atoms with van der Waals surface area (Å²) in [7, 11) is 2.27. The minimum Gasteiger partial charge on any atom is -0.329 e. The van der Waals surface area contributed by atoms with Crippen molar-refractivity contribution >= 4 is 0 Å². The summed E-state index contributed by atoms with van der Waals surface area (Å²) in [5, 5.41) is 0. The van der Waals surface area contributed by atoms with E-state index in [1.807, 2.05) is 0 Å². The molecule has 2 N–H and O–H groups in total. The van der Waals surface area contributed by atoms with Crippen molar-refractivity contribution in [3.05, 3.63) is 35.4 Å². The fraction of sp³-hybridized carbons (Fsp3) is 0.667. The van der Waals surface area contributed by atoms with Crippen molar-refractivity contribution in [2.75, 3.05) is 39.8 Å². The molecule has 116 valence electrons. The first kappa shape index (κ1) is 15.0. The lowest BCUT2D eigenvalue weighted by Crippen LogP contribution is -2.56. The second-order valence-electron chi connectivity index (χ2n) is 6.84. The highest BCUT2D eigenvalue weighted by molar-refractivity contribution is 5.32. The first-order valence-electron chi connectivity index (χ1n) is 8.44. The number of aryl methyl sites for hydroxylation is 1. The van der Waals surface area contributed by atoms with E-state index >= 15 is 0 Å². The molecule has 0 aromatic heterocycles. The van der Waals surface area contributed by atoms with Gasteiger partial charge in [0, 0.05) is 25.2 Å². The van der Waals surface area contributed by atoms with Crippen molar-refractivity contribution in [2.24, 2.45) is 5.73 Å². The van der Waals surface area contributed by atoms with Crippen LogP contribution in [-0.2, 0) is 12.8 Å². The highest BCUT2D eigenvalue weighted by atomic mass is 15.2. The van der Waals surface area contributed by atoms with E-state index < -0.39 is 0 Å². The highest BCUT2D eigenvalue weighted by Gasteiger charge is 2.36. The summed E-state index contributed by atoms with van der Waals surface area (Å²) < 4.78 is 0. The average molecular weight is 287 g/mol. The van der Waals surface area contributed by atoms with Crippen LogP contribution in [0, 0.1) is 0 Å². The van der Waals surface area contributed by atoms with Crippen LogP contribution in [0.25, 0.3) is 0 Å². The molecule has 0 radical (unpaired) electrons. The summed E-state index contributed by atoms with van der Waals surface area (Å²) >= 11 is 0. The van der Waals surface area contributed by atoms with Crippen LogP contribution in [0.1, 0.15) is 30.4 Å². The number of hydrogen-bond acceptors (Lipinski definition) is 3. The van der Waals surface area contributed by atoms with Crippen molar-refractivity contribution in [3.8, 4) is 0 Å². The molecule has 3 nitrogen and oxygen atoms in total. The summed E-state index contributed by atoms with van der Waals surface area (Å²) in [5.41, 5.74) is 9.41. The Labute approximate surface area is 129 Å². The van der Waals surface area contributed by atoms with Gasteiger partial charge in [0.15, 0.2) is 0 Å². The third-order valence-corrected chi connectivity index (χ3v) is 5.64. The SMILES string of the molecule is CN(CCN1CCCC1)C1(CN)CCc2ccccc2C1. The lowest BCUT2D eigenvalue weighted by Gasteiger charge is -2.45. The van der Waals surface area contributed by atoms with E-state index in [2.05, 4.69) is 41.1 Å². The number of rotatable bonds is 5. The van der Waals surface area contributed by atoms with E-state index in [0.717, 1.165) is 19.5 Å². The zero-order chi connectivity index (χ0) is 14.7. The van der Waals surface area contributed by atoms with Crippen LogP contribution in [-0.4, -0.2) is 55.1 Å². The molecule has 3 rings (SSSR count). The molecule has 1 aliphatic carbocycles. The Morgan fingerprint density at radius 1 is 1.19 bits per heavy atom. The van der Waals surface area contributed by atoms with E-state index in [1.54, 1.807) is 0 Å². The van der Waals surface area contributed by atoms with E-state index in [4.69, 9.17) is 5.73 Å². The molecule has 1 saturated heterocycles. The van der Waals surface area contributed by atoms with Gasteiger partial charge in [0.25, 0.3) is 0 Å². The van der Waals surface area contributed by atoms with Gasteiger partial charge in [-0.2, -0.15) is 0 Å². The van der Waals surface area contributed by atoms with Crippen LogP contribution in [0.4, 0.5) is 0 Å². The Balaban J connectivity index is 1.66. The topological polar surface area (TPSA) is 32.5 Å². The first-order chi connectivity index (χ1) is 10.2. The van der Waals surface area contributed by atoms with Gasteiger partial charge in [0.2, 0.25) is 0 Å². The summed E-state index contributed by atoms with van der Waals surface area (Å²) in [6.45, 7) is 5.66. The van der Waals surface area contributed by atoms with Gasteiger partial charge in [-0.05, 0) is 63.4 Å². The standard InChI is InChI=1S/C18H29N3/c1-20(12-13-21-10-4-5-11-21)18(15-19)9-8-16-6-2-3-7-17(16)14-18/h2-3,6-7H,4-5,8-15,19H2,1H3. The summed E-state index contributed by atoms with van der Waals surface area (Å²) in [6.07, 6.45) is 6.22. The molecule has 21 heavy (non-hydrogen) atoms. The molecular formula is C18H29N3. The van der Waals surface area contributed by atoms with Crippen LogP contribution in [0.15, 0.2) is 24.3 Å². The second-order valence-corrected chi connectivity index (χ2v) is 6.84. The maximum atomic E-state index is 6.22. The maximum absolute atomic E-state index is 6.22. The Bertz CT molecular complexity index is 467. The molecule has 2 aliphatic rings. The van der Waals surface area contributed by atoms with E-state index in [0.29, 0.717) is 0 Å². The number of likely N-dealkylation sites (tertiary alicyclic amines) is 1. The van der Waals surface area contributed by atoms with Crippen LogP contribution < -0.4 is 5.73 Å². The molecule has 0 bridgehead atoms. The number of likely N-dealkylation sites (N-methyl/N-ethyl adjacent to an activating group) is 1. The molecule has 0 saturated carbocycles. The molecule has 1 aliphatic heterocycles. The van der Waals surface area contributed by atoms with Gasteiger partial charge in [0.05, 0.1) is 0 Å². The Hall–Kier alpha value is -0.900. The van der Waals surface area contributed by atoms with Gasteiger partial charge in [-0.15, -0.1) is 0 Å². The van der Waals surface area contributed by atoms with Crippen molar-refractivity contribution in [3.63, 3.8) is 0 Å². The van der Waals surface area contributed by atoms with Crippen molar-refractivity contribution in [1.82, 2.24) is 9.80 Å². The molecule has 1 aromatic carbocycles. The van der Waals surface area contributed by atoms with Crippen molar-refractivity contribution in [2.45, 2.75) is 37.6 Å². The molecular weight excluding hydrogens is 258 g/mol. The van der Waals surface area contributed by atoms with Gasteiger partial charge in [-0.25, -0.2) is 0 Å². The second kappa shape index (κ2) is 6.47. The lowest BCUT2D eigenvalue weighted by molar-refractivity contribution is 0.0971. The lowest BCUT2D eigenvalue weighted by atomic mass is 9.77. The number of hydrogen-bond donors (Lipinski definition) is 1. The first-order valence-corrected chi connectivity index (χ1v) is 8.44. The fourth-order valence-electron chi connectivity index (χ4n) is 3.97. The fourth-order valence-corrected chi connectivity index (χ4v) is 3.97. The zero-order valence-corrected chi connectivity index (χ0v) is 13.4. The largest absolute Gasteiger partial charge is 0.329 e. The zero-order valence-electron chi connectivity index (χ0n) is 13.4. The number of benzene rings is 1. The highest BCUT2D eigenvalue weighted by Crippen LogP contribution is 2.32. The Kier molecular flexibility index (Phi) is 4.63.